The van der Waals surface area contributed by atoms with Gasteiger partial charge in [-0.2, -0.15) is 0 Å². The molecule has 0 saturated carbocycles. The summed E-state index contributed by atoms with van der Waals surface area (Å²) < 4.78 is 5.08. The van der Waals surface area contributed by atoms with Crippen molar-refractivity contribution in [3.05, 3.63) is 64.7 Å². The standard InChI is InChI=1S/C15H14ClNO2/c1-19-12-7-8-14(16)13(9-12)15(18)17-10-11-5-3-2-4-6-11/h2-9H,10H2,1H3,(H,17,18). The van der Waals surface area contributed by atoms with Crippen LogP contribution in [0.1, 0.15) is 15.9 Å². The van der Waals surface area contributed by atoms with Crippen LogP contribution in [0, 0.1) is 0 Å². The van der Waals surface area contributed by atoms with Crippen LogP contribution < -0.4 is 10.1 Å². The summed E-state index contributed by atoms with van der Waals surface area (Å²) in [4.78, 5) is 12.1. The maximum atomic E-state index is 12.1. The molecule has 0 heterocycles. The predicted molar refractivity (Wildman–Crippen MR) is 75.6 cm³/mol. The molecule has 0 aromatic heterocycles. The van der Waals surface area contributed by atoms with Gasteiger partial charge in [0.05, 0.1) is 17.7 Å². The average molecular weight is 276 g/mol. The second-order valence-electron chi connectivity index (χ2n) is 4.01. The summed E-state index contributed by atoms with van der Waals surface area (Å²) in [5.41, 5.74) is 1.45. The molecule has 1 N–H and O–H groups in total. The van der Waals surface area contributed by atoms with E-state index in [1.54, 1.807) is 25.3 Å². The summed E-state index contributed by atoms with van der Waals surface area (Å²) in [6.07, 6.45) is 0. The fourth-order valence-corrected chi connectivity index (χ4v) is 1.88. The summed E-state index contributed by atoms with van der Waals surface area (Å²) in [6, 6.07) is 14.7. The van der Waals surface area contributed by atoms with Crippen LogP contribution in [0.3, 0.4) is 0 Å². The Morgan fingerprint density at radius 2 is 1.95 bits per heavy atom. The first-order valence-corrected chi connectivity index (χ1v) is 6.24. The maximum Gasteiger partial charge on any atom is 0.253 e. The smallest absolute Gasteiger partial charge is 0.253 e. The molecule has 0 unspecified atom stereocenters. The molecule has 0 aliphatic rings. The van der Waals surface area contributed by atoms with Gasteiger partial charge in [-0.3, -0.25) is 4.79 Å². The van der Waals surface area contributed by atoms with E-state index < -0.39 is 0 Å². The van der Waals surface area contributed by atoms with E-state index in [1.807, 2.05) is 30.3 Å². The van der Waals surface area contributed by atoms with Crippen LogP contribution in [0.15, 0.2) is 48.5 Å². The van der Waals surface area contributed by atoms with Gasteiger partial charge in [-0.05, 0) is 23.8 Å². The molecule has 0 saturated heterocycles. The van der Waals surface area contributed by atoms with E-state index in [4.69, 9.17) is 16.3 Å². The Labute approximate surface area is 117 Å². The molecule has 4 heteroatoms. The van der Waals surface area contributed by atoms with Crippen LogP contribution in [0.4, 0.5) is 0 Å². The highest BCUT2D eigenvalue weighted by Gasteiger charge is 2.11. The number of ether oxygens (including phenoxy) is 1. The molecule has 0 aliphatic heterocycles. The van der Waals surface area contributed by atoms with Crippen LogP contribution >= 0.6 is 11.6 Å². The van der Waals surface area contributed by atoms with Gasteiger partial charge in [0.15, 0.2) is 0 Å². The van der Waals surface area contributed by atoms with Crippen molar-refractivity contribution in [2.45, 2.75) is 6.54 Å². The number of nitrogens with one attached hydrogen (secondary N) is 1. The van der Waals surface area contributed by atoms with E-state index in [0.29, 0.717) is 22.9 Å². The van der Waals surface area contributed by atoms with E-state index in [-0.39, 0.29) is 5.91 Å². The number of amides is 1. The first-order chi connectivity index (χ1) is 9.20. The quantitative estimate of drug-likeness (QED) is 0.930. The van der Waals surface area contributed by atoms with Crippen molar-refractivity contribution < 1.29 is 9.53 Å². The molecule has 2 rings (SSSR count). The number of methoxy groups -OCH3 is 1. The lowest BCUT2D eigenvalue weighted by atomic mass is 10.2. The van der Waals surface area contributed by atoms with Crippen molar-refractivity contribution in [1.29, 1.82) is 0 Å². The molecule has 0 atom stereocenters. The van der Waals surface area contributed by atoms with Gasteiger partial charge in [0.1, 0.15) is 5.75 Å². The van der Waals surface area contributed by atoms with Gasteiger partial charge in [-0.15, -0.1) is 0 Å². The van der Waals surface area contributed by atoms with E-state index in [1.165, 1.54) is 0 Å². The lowest BCUT2D eigenvalue weighted by Gasteiger charge is -2.08. The lowest BCUT2D eigenvalue weighted by Crippen LogP contribution is -2.23. The van der Waals surface area contributed by atoms with Crippen LogP contribution in [0.25, 0.3) is 0 Å². The van der Waals surface area contributed by atoms with Crippen molar-refractivity contribution in [3.63, 3.8) is 0 Å². The van der Waals surface area contributed by atoms with Crippen LogP contribution in [0.5, 0.6) is 5.75 Å². The number of halogens is 1. The average Bonchev–Trinajstić information content (AvgIpc) is 2.46. The molecule has 98 valence electrons. The highest BCUT2D eigenvalue weighted by Crippen LogP contribution is 2.21. The van der Waals surface area contributed by atoms with Crippen molar-refractivity contribution in [2.75, 3.05) is 7.11 Å². The van der Waals surface area contributed by atoms with Gasteiger partial charge in [-0.25, -0.2) is 0 Å². The largest absolute Gasteiger partial charge is 0.497 e. The van der Waals surface area contributed by atoms with Crippen molar-refractivity contribution in [1.82, 2.24) is 5.32 Å². The van der Waals surface area contributed by atoms with Crippen molar-refractivity contribution in [2.24, 2.45) is 0 Å². The summed E-state index contributed by atoms with van der Waals surface area (Å²) in [7, 11) is 1.55. The maximum absolute atomic E-state index is 12.1. The molecule has 0 aliphatic carbocycles. The minimum atomic E-state index is -0.215. The number of hydrogen-bond donors (Lipinski definition) is 1. The van der Waals surface area contributed by atoms with E-state index in [9.17, 15) is 4.79 Å². The molecule has 0 bridgehead atoms. The minimum absolute atomic E-state index is 0.215. The third-order valence-corrected chi connectivity index (χ3v) is 3.04. The molecule has 3 nitrogen and oxygen atoms in total. The first-order valence-electron chi connectivity index (χ1n) is 5.86. The third-order valence-electron chi connectivity index (χ3n) is 2.71. The Kier molecular flexibility index (Phi) is 4.42. The zero-order valence-corrected chi connectivity index (χ0v) is 11.3. The van der Waals surface area contributed by atoms with Gasteiger partial charge in [0.2, 0.25) is 0 Å². The van der Waals surface area contributed by atoms with E-state index in [0.717, 1.165) is 5.56 Å². The Hall–Kier alpha value is -2.00. The Morgan fingerprint density at radius 1 is 1.21 bits per heavy atom. The predicted octanol–water partition coefficient (Wildman–Crippen LogP) is 3.28. The molecular formula is C15H14ClNO2. The fraction of sp³-hybridized carbons (Fsp3) is 0.133. The van der Waals surface area contributed by atoms with Crippen LogP contribution in [-0.4, -0.2) is 13.0 Å². The summed E-state index contributed by atoms with van der Waals surface area (Å²) >= 11 is 6.01. The molecule has 2 aromatic carbocycles. The lowest BCUT2D eigenvalue weighted by molar-refractivity contribution is 0.0950. The Balaban J connectivity index is 2.08. The first kappa shape index (κ1) is 13.4. The second kappa shape index (κ2) is 6.25. The number of carbonyl (C=O) groups is 1. The normalized spacial score (nSPS) is 10.0. The zero-order chi connectivity index (χ0) is 13.7. The number of rotatable bonds is 4. The third kappa shape index (κ3) is 3.48. The second-order valence-corrected chi connectivity index (χ2v) is 4.42. The topological polar surface area (TPSA) is 38.3 Å². The molecule has 2 aromatic rings. The van der Waals surface area contributed by atoms with E-state index in [2.05, 4.69) is 5.32 Å². The Bertz CT molecular complexity index is 570. The van der Waals surface area contributed by atoms with Gasteiger partial charge in [-0.1, -0.05) is 41.9 Å². The number of benzene rings is 2. The summed E-state index contributed by atoms with van der Waals surface area (Å²) in [5, 5.41) is 3.24. The SMILES string of the molecule is COc1ccc(Cl)c(C(=O)NCc2ccccc2)c1. The minimum Gasteiger partial charge on any atom is -0.497 e. The van der Waals surface area contributed by atoms with E-state index >= 15 is 0 Å². The van der Waals surface area contributed by atoms with Crippen molar-refractivity contribution in [3.8, 4) is 5.75 Å². The van der Waals surface area contributed by atoms with Gasteiger partial charge < -0.3 is 10.1 Å². The summed E-state index contributed by atoms with van der Waals surface area (Å²) in [6.45, 7) is 0.465. The molecule has 0 radical (unpaired) electrons. The molecule has 0 fully saturated rings. The fourth-order valence-electron chi connectivity index (χ4n) is 1.68. The monoisotopic (exact) mass is 275 g/mol. The Morgan fingerprint density at radius 3 is 2.63 bits per heavy atom. The number of hydrogen-bond acceptors (Lipinski definition) is 2. The highest BCUT2D eigenvalue weighted by molar-refractivity contribution is 6.33. The van der Waals surface area contributed by atoms with Crippen LogP contribution in [0.2, 0.25) is 5.02 Å². The number of carbonyl (C=O) groups excluding carboxylic acids is 1. The van der Waals surface area contributed by atoms with Gasteiger partial charge >= 0.3 is 0 Å². The zero-order valence-electron chi connectivity index (χ0n) is 10.5. The molecule has 1 amide bonds. The molecule has 0 spiro atoms. The van der Waals surface area contributed by atoms with Gasteiger partial charge in [0, 0.05) is 6.54 Å². The van der Waals surface area contributed by atoms with Gasteiger partial charge in [0.25, 0.3) is 5.91 Å². The summed E-state index contributed by atoms with van der Waals surface area (Å²) in [5.74, 6) is 0.391. The molecular weight excluding hydrogens is 262 g/mol. The highest BCUT2D eigenvalue weighted by atomic mass is 35.5. The molecule has 19 heavy (non-hydrogen) atoms. The van der Waals surface area contributed by atoms with Crippen molar-refractivity contribution >= 4 is 17.5 Å². The van der Waals surface area contributed by atoms with Crippen LogP contribution in [-0.2, 0) is 6.54 Å².